The van der Waals surface area contributed by atoms with Gasteiger partial charge in [0.05, 0.1) is 19.6 Å². The van der Waals surface area contributed by atoms with Crippen LogP contribution in [0.25, 0.3) is 0 Å². The van der Waals surface area contributed by atoms with E-state index in [1.165, 1.54) is 4.90 Å². The summed E-state index contributed by atoms with van der Waals surface area (Å²) in [6.07, 6.45) is 7.01. The van der Waals surface area contributed by atoms with Crippen molar-refractivity contribution in [2.24, 2.45) is 0 Å². The summed E-state index contributed by atoms with van der Waals surface area (Å²) in [4.78, 5) is 23.5. The standard InChI is InChI=1S/C12H20N2O3/c1-4-6-10(3)13-11(15)8-14(7-5-2)9-12(16)17/h2,10H,4,6-9H2,1,3H3,(H,13,15)(H,16,17). The van der Waals surface area contributed by atoms with Gasteiger partial charge in [-0.05, 0) is 13.3 Å². The van der Waals surface area contributed by atoms with E-state index in [9.17, 15) is 9.59 Å². The highest BCUT2D eigenvalue weighted by molar-refractivity contribution is 5.79. The summed E-state index contributed by atoms with van der Waals surface area (Å²) in [5, 5.41) is 11.4. The molecule has 0 saturated heterocycles. The van der Waals surface area contributed by atoms with Crippen molar-refractivity contribution in [1.29, 1.82) is 0 Å². The molecule has 0 rings (SSSR count). The van der Waals surface area contributed by atoms with Crippen LogP contribution >= 0.6 is 0 Å². The lowest BCUT2D eigenvalue weighted by Crippen LogP contribution is -2.42. The summed E-state index contributed by atoms with van der Waals surface area (Å²) in [5.41, 5.74) is 0. The van der Waals surface area contributed by atoms with Crippen LogP contribution in [0.15, 0.2) is 0 Å². The van der Waals surface area contributed by atoms with Crippen LogP contribution < -0.4 is 5.32 Å². The number of nitrogens with zero attached hydrogens (tertiary/aromatic N) is 1. The molecule has 1 unspecified atom stereocenters. The van der Waals surface area contributed by atoms with E-state index in [1.54, 1.807) is 0 Å². The largest absolute Gasteiger partial charge is 0.480 e. The highest BCUT2D eigenvalue weighted by atomic mass is 16.4. The number of carbonyl (C=O) groups is 2. The fourth-order valence-corrected chi connectivity index (χ4v) is 1.52. The van der Waals surface area contributed by atoms with Gasteiger partial charge in [-0.1, -0.05) is 19.3 Å². The fraction of sp³-hybridized carbons (Fsp3) is 0.667. The van der Waals surface area contributed by atoms with Gasteiger partial charge in [0, 0.05) is 6.04 Å². The Labute approximate surface area is 102 Å². The minimum atomic E-state index is -0.991. The topological polar surface area (TPSA) is 69.6 Å². The Morgan fingerprint density at radius 1 is 1.47 bits per heavy atom. The number of carboxylic acid groups (broad SMARTS) is 1. The number of carbonyl (C=O) groups excluding carboxylic acids is 1. The molecule has 0 aromatic rings. The van der Waals surface area contributed by atoms with Crippen molar-refractivity contribution < 1.29 is 14.7 Å². The van der Waals surface area contributed by atoms with E-state index >= 15 is 0 Å². The van der Waals surface area contributed by atoms with Crippen LogP contribution in [0, 0.1) is 12.3 Å². The molecule has 1 atom stereocenters. The van der Waals surface area contributed by atoms with Gasteiger partial charge in [0.15, 0.2) is 0 Å². The SMILES string of the molecule is C#CCN(CC(=O)O)CC(=O)NC(C)CCC. The average Bonchev–Trinajstić information content (AvgIpc) is 2.16. The highest BCUT2D eigenvalue weighted by Gasteiger charge is 2.14. The molecule has 0 saturated carbocycles. The predicted octanol–water partition coefficient (Wildman–Crippen LogP) is 0.311. The average molecular weight is 240 g/mol. The van der Waals surface area contributed by atoms with Gasteiger partial charge in [0.2, 0.25) is 5.91 Å². The van der Waals surface area contributed by atoms with Gasteiger partial charge in [-0.15, -0.1) is 6.42 Å². The zero-order valence-electron chi connectivity index (χ0n) is 10.4. The molecular formula is C12H20N2O3. The number of hydrogen-bond donors (Lipinski definition) is 2. The molecule has 5 nitrogen and oxygen atoms in total. The molecule has 0 fully saturated rings. The van der Waals surface area contributed by atoms with Gasteiger partial charge in [0.25, 0.3) is 0 Å². The molecule has 0 aliphatic rings. The zero-order valence-corrected chi connectivity index (χ0v) is 10.4. The molecule has 0 aliphatic carbocycles. The second-order valence-electron chi connectivity index (χ2n) is 4.00. The van der Waals surface area contributed by atoms with Crippen molar-refractivity contribution in [3.05, 3.63) is 0 Å². The fourth-order valence-electron chi connectivity index (χ4n) is 1.52. The number of amides is 1. The van der Waals surface area contributed by atoms with Crippen LogP contribution in [-0.4, -0.2) is 47.6 Å². The molecule has 5 heteroatoms. The Morgan fingerprint density at radius 3 is 2.59 bits per heavy atom. The monoisotopic (exact) mass is 240 g/mol. The van der Waals surface area contributed by atoms with Gasteiger partial charge in [-0.2, -0.15) is 0 Å². The first-order valence-electron chi connectivity index (χ1n) is 5.66. The number of nitrogens with one attached hydrogen (secondary N) is 1. The lowest BCUT2D eigenvalue weighted by Gasteiger charge is -2.19. The van der Waals surface area contributed by atoms with Gasteiger partial charge >= 0.3 is 5.97 Å². The highest BCUT2D eigenvalue weighted by Crippen LogP contribution is 1.95. The third-order valence-electron chi connectivity index (χ3n) is 2.17. The number of hydrogen-bond acceptors (Lipinski definition) is 3. The molecule has 0 aromatic carbocycles. The summed E-state index contributed by atoms with van der Waals surface area (Å²) in [6, 6.07) is 0.102. The Balaban J connectivity index is 4.12. The van der Waals surface area contributed by atoms with Crippen LogP contribution in [0.2, 0.25) is 0 Å². The first-order chi connectivity index (χ1) is 7.99. The second kappa shape index (κ2) is 8.59. The molecule has 0 aromatic heterocycles. The maximum absolute atomic E-state index is 11.6. The Kier molecular flexibility index (Phi) is 7.82. The number of rotatable bonds is 8. The van der Waals surface area contributed by atoms with Gasteiger partial charge in [0.1, 0.15) is 0 Å². The van der Waals surface area contributed by atoms with Crippen LogP contribution in [0.3, 0.4) is 0 Å². The third-order valence-corrected chi connectivity index (χ3v) is 2.17. The van der Waals surface area contributed by atoms with Crippen molar-refractivity contribution in [3.63, 3.8) is 0 Å². The number of carboxylic acids is 1. The van der Waals surface area contributed by atoms with E-state index in [1.807, 2.05) is 13.8 Å². The molecular weight excluding hydrogens is 220 g/mol. The molecule has 2 N–H and O–H groups in total. The van der Waals surface area contributed by atoms with Gasteiger partial charge in [-0.25, -0.2) is 0 Å². The van der Waals surface area contributed by atoms with Crippen LogP contribution in [0.1, 0.15) is 26.7 Å². The van der Waals surface area contributed by atoms with Crippen molar-refractivity contribution in [2.75, 3.05) is 19.6 Å². The minimum Gasteiger partial charge on any atom is -0.480 e. The molecule has 0 spiro atoms. The lowest BCUT2D eigenvalue weighted by atomic mass is 10.2. The smallest absolute Gasteiger partial charge is 0.317 e. The van der Waals surface area contributed by atoms with E-state index in [-0.39, 0.29) is 31.6 Å². The summed E-state index contributed by atoms with van der Waals surface area (Å²) >= 11 is 0. The van der Waals surface area contributed by atoms with Gasteiger partial charge < -0.3 is 10.4 Å². The van der Waals surface area contributed by atoms with E-state index in [2.05, 4.69) is 11.2 Å². The Morgan fingerprint density at radius 2 is 2.12 bits per heavy atom. The molecule has 0 heterocycles. The molecule has 0 radical (unpaired) electrons. The molecule has 0 bridgehead atoms. The maximum atomic E-state index is 11.6. The second-order valence-corrected chi connectivity index (χ2v) is 4.00. The van der Waals surface area contributed by atoms with E-state index in [0.29, 0.717) is 0 Å². The van der Waals surface area contributed by atoms with Crippen molar-refractivity contribution >= 4 is 11.9 Å². The first kappa shape index (κ1) is 15.5. The quantitative estimate of drug-likeness (QED) is 0.599. The summed E-state index contributed by atoms with van der Waals surface area (Å²) in [5.74, 6) is 1.16. The third kappa shape index (κ3) is 8.29. The Hall–Kier alpha value is -1.54. The summed E-state index contributed by atoms with van der Waals surface area (Å²) in [6.45, 7) is 3.91. The molecule has 96 valence electrons. The minimum absolute atomic E-state index is 0.0184. The van der Waals surface area contributed by atoms with Crippen LogP contribution in [0.4, 0.5) is 0 Å². The van der Waals surface area contributed by atoms with Gasteiger partial charge in [-0.3, -0.25) is 14.5 Å². The maximum Gasteiger partial charge on any atom is 0.317 e. The van der Waals surface area contributed by atoms with Crippen molar-refractivity contribution in [1.82, 2.24) is 10.2 Å². The first-order valence-corrected chi connectivity index (χ1v) is 5.66. The number of terminal acetylenes is 1. The van der Waals surface area contributed by atoms with Crippen LogP contribution in [-0.2, 0) is 9.59 Å². The van der Waals surface area contributed by atoms with Crippen molar-refractivity contribution in [2.45, 2.75) is 32.7 Å². The molecule has 17 heavy (non-hydrogen) atoms. The molecule has 0 aliphatic heterocycles. The summed E-state index contributed by atoms with van der Waals surface area (Å²) in [7, 11) is 0. The van der Waals surface area contributed by atoms with E-state index in [4.69, 9.17) is 11.5 Å². The van der Waals surface area contributed by atoms with Crippen molar-refractivity contribution in [3.8, 4) is 12.3 Å². The number of aliphatic carboxylic acids is 1. The normalized spacial score (nSPS) is 11.9. The Bertz CT molecular complexity index is 297. The van der Waals surface area contributed by atoms with Crippen LogP contribution in [0.5, 0.6) is 0 Å². The summed E-state index contributed by atoms with van der Waals surface area (Å²) < 4.78 is 0. The lowest BCUT2D eigenvalue weighted by molar-refractivity contribution is -0.138. The van der Waals surface area contributed by atoms with E-state index in [0.717, 1.165) is 12.8 Å². The van der Waals surface area contributed by atoms with E-state index < -0.39 is 5.97 Å². The predicted molar refractivity (Wildman–Crippen MR) is 65.4 cm³/mol. The molecule has 1 amide bonds. The zero-order chi connectivity index (χ0) is 13.3.